The second kappa shape index (κ2) is 4.25. The van der Waals surface area contributed by atoms with Gasteiger partial charge in [0.05, 0.1) is 24.1 Å². The van der Waals surface area contributed by atoms with E-state index in [0.717, 1.165) is 30.2 Å². The Labute approximate surface area is 99.9 Å². The van der Waals surface area contributed by atoms with Crippen molar-refractivity contribution in [3.05, 3.63) is 30.5 Å². The van der Waals surface area contributed by atoms with Crippen molar-refractivity contribution >= 4 is 0 Å². The van der Waals surface area contributed by atoms with Gasteiger partial charge in [0.1, 0.15) is 5.69 Å². The molecular weight excluding hydrogens is 214 g/mol. The number of aromatic nitrogens is 4. The quantitative estimate of drug-likeness (QED) is 0.843. The minimum Gasteiger partial charge on any atom is -0.333 e. The number of hydrogen-bond acceptors (Lipinski definition) is 4. The Morgan fingerprint density at radius 1 is 1.29 bits per heavy atom. The molecule has 0 spiro atoms. The van der Waals surface area contributed by atoms with E-state index in [1.165, 1.54) is 6.42 Å². The number of aryl methyl sites for hydroxylation is 1. The van der Waals surface area contributed by atoms with Crippen molar-refractivity contribution in [2.45, 2.75) is 18.9 Å². The first kappa shape index (κ1) is 10.4. The van der Waals surface area contributed by atoms with Crippen molar-refractivity contribution in [2.24, 2.45) is 7.05 Å². The summed E-state index contributed by atoms with van der Waals surface area (Å²) in [7, 11) is 1.95. The second-order valence-electron chi connectivity index (χ2n) is 4.34. The molecule has 0 radical (unpaired) electrons. The van der Waals surface area contributed by atoms with Gasteiger partial charge < -0.3 is 9.88 Å². The van der Waals surface area contributed by atoms with Crippen LogP contribution in [0.2, 0.25) is 0 Å². The minimum absolute atomic E-state index is 0.373. The highest BCUT2D eigenvalue weighted by atomic mass is 15.1. The van der Waals surface area contributed by atoms with Crippen LogP contribution in [-0.4, -0.2) is 26.1 Å². The summed E-state index contributed by atoms with van der Waals surface area (Å²) < 4.78 is 1.94. The average Bonchev–Trinajstić information content (AvgIpc) is 3.00. The number of rotatable bonds is 2. The van der Waals surface area contributed by atoms with Gasteiger partial charge in [-0.05, 0) is 19.4 Å². The molecule has 5 heteroatoms. The van der Waals surface area contributed by atoms with Crippen LogP contribution in [-0.2, 0) is 7.05 Å². The summed E-state index contributed by atoms with van der Waals surface area (Å²) in [6.07, 6.45) is 9.70. The zero-order chi connectivity index (χ0) is 11.7. The van der Waals surface area contributed by atoms with E-state index >= 15 is 0 Å². The fourth-order valence-electron chi connectivity index (χ4n) is 2.18. The van der Waals surface area contributed by atoms with E-state index in [4.69, 9.17) is 0 Å². The van der Waals surface area contributed by atoms with Crippen molar-refractivity contribution in [1.82, 2.24) is 24.8 Å². The van der Waals surface area contributed by atoms with Gasteiger partial charge in [-0.15, -0.1) is 0 Å². The molecule has 3 heterocycles. The Balaban J connectivity index is 1.87. The van der Waals surface area contributed by atoms with E-state index in [1.807, 2.05) is 24.0 Å². The number of nitrogens with zero attached hydrogens (tertiary/aromatic N) is 4. The van der Waals surface area contributed by atoms with Gasteiger partial charge in [0.2, 0.25) is 0 Å². The predicted octanol–water partition coefficient (Wildman–Crippen LogP) is 1.30. The van der Waals surface area contributed by atoms with Crippen molar-refractivity contribution in [3.8, 4) is 11.5 Å². The van der Waals surface area contributed by atoms with E-state index in [0.29, 0.717) is 6.04 Å². The maximum Gasteiger partial charge on any atom is 0.159 e. The van der Waals surface area contributed by atoms with Gasteiger partial charge in [-0.3, -0.25) is 4.98 Å². The predicted molar refractivity (Wildman–Crippen MR) is 64.2 cm³/mol. The van der Waals surface area contributed by atoms with E-state index in [1.54, 1.807) is 12.4 Å². The van der Waals surface area contributed by atoms with Gasteiger partial charge in [0.15, 0.2) is 5.82 Å². The lowest BCUT2D eigenvalue weighted by Gasteiger charge is -2.09. The molecular formula is C12H15N5. The fraction of sp³-hybridized carbons (Fsp3) is 0.417. The van der Waals surface area contributed by atoms with Gasteiger partial charge in [-0.1, -0.05) is 0 Å². The van der Waals surface area contributed by atoms with E-state index in [9.17, 15) is 0 Å². The fourth-order valence-corrected chi connectivity index (χ4v) is 2.18. The first-order valence-corrected chi connectivity index (χ1v) is 5.87. The van der Waals surface area contributed by atoms with Crippen LogP contribution in [0.25, 0.3) is 11.5 Å². The molecule has 1 fully saturated rings. The van der Waals surface area contributed by atoms with Crippen molar-refractivity contribution in [2.75, 3.05) is 6.54 Å². The highest BCUT2D eigenvalue weighted by molar-refractivity contribution is 5.47. The highest BCUT2D eigenvalue weighted by Gasteiger charge is 2.17. The maximum absolute atomic E-state index is 4.48. The number of imidazole rings is 1. The van der Waals surface area contributed by atoms with Gasteiger partial charge >= 0.3 is 0 Å². The third-order valence-corrected chi connectivity index (χ3v) is 3.14. The first-order chi connectivity index (χ1) is 8.34. The molecule has 1 unspecified atom stereocenters. The van der Waals surface area contributed by atoms with Crippen LogP contribution < -0.4 is 5.32 Å². The van der Waals surface area contributed by atoms with Crippen LogP contribution in [0.5, 0.6) is 0 Å². The smallest absolute Gasteiger partial charge is 0.159 e. The Morgan fingerprint density at radius 2 is 2.24 bits per heavy atom. The molecule has 0 saturated carbocycles. The molecule has 0 aromatic carbocycles. The monoisotopic (exact) mass is 229 g/mol. The summed E-state index contributed by atoms with van der Waals surface area (Å²) >= 11 is 0. The molecule has 2 aromatic heterocycles. The number of nitrogens with one attached hydrogen (secondary N) is 1. The van der Waals surface area contributed by atoms with Gasteiger partial charge in [0.25, 0.3) is 0 Å². The van der Waals surface area contributed by atoms with Gasteiger partial charge in [0, 0.05) is 19.4 Å². The summed E-state index contributed by atoms with van der Waals surface area (Å²) in [6.45, 7) is 1.08. The van der Waals surface area contributed by atoms with Crippen LogP contribution in [0, 0.1) is 0 Å². The van der Waals surface area contributed by atoms with E-state index in [2.05, 4.69) is 20.3 Å². The molecule has 1 aliphatic heterocycles. The zero-order valence-corrected chi connectivity index (χ0v) is 9.80. The van der Waals surface area contributed by atoms with Crippen molar-refractivity contribution in [1.29, 1.82) is 0 Å². The van der Waals surface area contributed by atoms with Crippen molar-refractivity contribution < 1.29 is 0 Å². The lowest BCUT2D eigenvalue weighted by atomic mass is 10.2. The molecule has 0 bridgehead atoms. The van der Waals surface area contributed by atoms with E-state index < -0.39 is 0 Å². The second-order valence-corrected chi connectivity index (χ2v) is 4.34. The summed E-state index contributed by atoms with van der Waals surface area (Å²) in [5.74, 6) is 0.850. The molecule has 1 saturated heterocycles. The van der Waals surface area contributed by atoms with Crippen molar-refractivity contribution in [3.63, 3.8) is 0 Å². The minimum atomic E-state index is 0.373. The molecule has 1 N–H and O–H groups in total. The Hall–Kier alpha value is -1.75. The standard InChI is InChI=1S/C12H15N5/c1-17-6-5-14-12(17)11-8-15-10(7-16-11)9-3-2-4-13-9/h5-9,13H,2-4H2,1H3. The lowest BCUT2D eigenvalue weighted by Crippen LogP contribution is -2.14. The van der Waals surface area contributed by atoms with Crippen LogP contribution in [0.4, 0.5) is 0 Å². The molecule has 17 heavy (non-hydrogen) atoms. The zero-order valence-electron chi connectivity index (χ0n) is 9.80. The Bertz CT molecular complexity index is 496. The normalized spacial score (nSPS) is 19.7. The molecule has 5 nitrogen and oxygen atoms in total. The van der Waals surface area contributed by atoms with Gasteiger partial charge in [-0.25, -0.2) is 9.97 Å². The molecule has 1 aliphatic rings. The van der Waals surface area contributed by atoms with Crippen LogP contribution >= 0.6 is 0 Å². The summed E-state index contributed by atoms with van der Waals surface area (Å²) in [4.78, 5) is 13.2. The SMILES string of the molecule is Cn1ccnc1-c1cnc(C2CCCN2)cn1. The highest BCUT2D eigenvalue weighted by Crippen LogP contribution is 2.21. The summed E-state index contributed by atoms with van der Waals surface area (Å²) in [6, 6.07) is 0.373. The largest absolute Gasteiger partial charge is 0.333 e. The molecule has 1 atom stereocenters. The topological polar surface area (TPSA) is 55.6 Å². The van der Waals surface area contributed by atoms with E-state index in [-0.39, 0.29) is 0 Å². The Kier molecular flexibility index (Phi) is 2.60. The summed E-state index contributed by atoms with van der Waals surface area (Å²) in [5.41, 5.74) is 1.85. The van der Waals surface area contributed by atoms with Crippen LogP contribution in [0.3, 0.4) is 0 Å². The first-order valence-electron chi connectivity index (χ1n) is 5.87. The lowest BCUT2D eigenvalue weighted by molar-refractivity contribution is 0.624. The summed E-state index contributed by atoms with van der Waals surface area (Å²) in [5, 5.41) is 3.42. The van der Waals surface area contributed by atoms with Gasteiger partial charge in [-0.2, -0.15) is 0 Å². The molecule has 88 valence electrons. The third-order valence-electron chi connectivity index (χ3n) is 3.14. The Morgan fingerprint density at radius 3 is 2.82 bits per heavy atom. The van der Waals surface area contributed by atoms with Crippen LogP contribution in [0.15, 0.2) is 24.8 Å². The average molecular weight is 229 g/mol. The number of hydrogen-bond donors (Lipinski definition) is 1. The molecule has 2 aromatic rings. The van der Waals surface area contributed by atoms with Crippen LogP contribution in [0.1, 0.15) is 24.6 Å². The third kappa shape index (κ3) is 1.93. The maximum atomic E-state index is 4.48. The molecule has 3 rings (SSSR count). The molecule has 0 aliphatic carbocycles. The molecule has 0 amide bonds.